The molecule has 0 amide bonds. The maximum atomic E-state index is 14.7. The highest BCUT2D eigenvalue weighted by molar-refractivity contribution is 14.1. The molecule has 0 saturated carbocycles. The number of halogens is 4. The SMILES string of the molecule is COc1ccc(CNc2nnc(-c3ccc(F)c(F)c3Nc3ccc(I)cc3F)o2)c(OC)c1. The summed E-state index contributed by atoms with van der Waals surface area (Å²) in [6.07, 6.45) is 0. The van der Waals surface area contributed by atoms with Crippen molar-refractivity contribution >= 4 is 40.0 Å². The van der Waals surface area contributed by atoms with Crippen molar-refractivity contribution in [3.8, 4) is 23.0 Å². The zero-order chi connectivity index (χ0) is 24.2. The van der Waals surface area contributed by atoms with Crippen molar-refractivity contribution in [2.45, 2.75) is 6.54 Å². The molecule has 0 atom stereocenters. The molecule has 7 nitrogen and oxygen atoms in total. The Hall–Kier alpha value is -3.48. The van der Waals surface area contributed by atoms with E-state index >= 15 is 0 Å². The van der Waals surface area contributed by atoms with Gasteiger partial charge in [0.1, 0.15) is 17.3 Å². The average molecular weight is 582 g/mol. The van der Waals surface area contributed by atoms with Crippen LogP contribution in [0.5, 0.6) is 11.5 Å². The Bertz CT molecular complexity index is 1330. The third-order valence-electron chi connectivity index (χ3n) is 4.87. The standard InChI is InChI=1S/C23H18F3IN4O3/c1-32-14-5-3-12(19(10-14)33-2)11-28-23-31-30-22(34-23)15-6-7-16(24)20(26)21(15)29-18-8-4-13(27)9-17(18)25/h3-10,29H,11H2,1-2H3,(H,28,31). The quantitative estimate of drug-likeness (QED) is 0.242. The van der Waals surface area contributed by atoms with Crippen LogP contribution >= 0.6 is 22.6 Å². The van der Waals surface area contributed by atoms with Crippen LogP contribution in [0.1, 0.15) is 5.56 Å². The van der Waals surface area contributed by atoms with Crippen LogP contribution in [0, 0.1) is 21.0 Å². The molecule has 11 heteroatoms. The van der Waals surface area contributed by atoms with Crippen molar-refractivity contribution in [3.05, 3.63) is 75.1 Å². The molecule has 0 aliphatic heterocycles. The zero-order valence-corrected chi connectivity index (χ0v) is 20.1. The Kier molecular flexibility index (Phi) is 7.10. The fraction of sp³-hybridized carbons (Fsp3) is 0.130. The smallest absolute Gasteiger partial charge is 0.316 e. The summed E-state index contributed by atoms with van der Waals surface area (Å²) in [4.78, 5) is 0. The third kappa shape index (κ3) is 5.03. The number of hydrogen-bond acceptors (Lipinski definition) is 7. The van der Waals surface area contributed by atoms with E-state index in [2.05, 4.69) is 20.8 Å². The van der Waals surface area contributed by atoms with Gasteiger partial charge in [0.2, 0.25) is 0 Å². The summed E-state index contributed by atoms with van der Waals surface area (Å²) < 4.78 is 59.8. The lowest BCUT2D eigenvalue weighted by molar-refractivity contribution is 0.391. The van der Waals surface area contributed by atoms with Crippen LogP contribution in [-0.2, 0) is 6.54 Å². The highest BCUT2D eigenvalue weighted by Crippen LogP contribution is 2.35. The zero-order valence-electron chi connectivity index (χ0n) is 18.0. The first-order valence-corrected chi connectivity index (χ1v) is 11.0. The Labute approximate surface area is 206 Å². The third-order valence-corrected chi connectivity index (χ3v) is 5.54. The predicted molar refractivity (Wildman–Crippen MR) is 129 cm³/mol. The van der Waals surface area contributed by atoms with Crippen LogP contribution in [-0.4, -0.2) is 24.4 Å². The summed E-state index contributed by atoms with van der Waals surface area (Å²) in [6, 6.07) is 11.9. The first-order valence-electron chi connectivity index (χ1n) is 9.88. The predicted octanol–water partition coefficient (Wildman–Crippen LogP) is 6.13. The Morgan fingerprint density at radius 1 is 0.941 bits per heavy atom. The fourth-order valence-electron chi connectivity index (χ4n) is 3.15. The molecule has 0 unspecified atom stereocenters. The highest BCUT2D eigenvalue weighted by Gasteiger charge is 2.21. The average Bonchev–Trinajstić information content (AvgIpc) is 3.31. The normalized spacial score (nSPS) is 10.8. The Balaban J connectivity index is 1.59. The number of anilines is 3. The van der Waals surface area contributed by atoms with E-state index < -0.39 is 17.5 Å². The van der Waals surface area contributed by atoms with E-state index in [0.717, 1.165) is 11.6 Å². The summed E-state index contributed by atoms with van der Waals surface area (Å²) in [6.45, 7) is 0.283. The van der Waals surface area contributed by atoms with Gasteiger partial charge >= 0.3 is 6.01 Å². The molecule has 0 spiro atoms. The molecular formula is C23H18F3IN4O3. The molecular weight excluding hydrogens is 564 g/mol. The minimum atomic E-state index is -1.20. The van der Waals surface area contributed by atoms with Gasteiger partial charge in [0.05, 0.1) is 31.2 Å². The maximum absolute atomic E-state index is 14.7. The molecule has 176 valence electrons. The van der Waals surface area contributed by atoms with Gasteiger partial charge < -0.3 is 24.5 Å². The summed E-state index contributed by atoms with van der Waals surface area (Å²) >= 11 is 1.95. The van der Waals surface area contributed by atoms with E-state index in [-0.39, 0.29) is 35.4 Å². The van der Waals surface area contributed by atoms with Gasteiger partial charge in [0, 0.05) is 21.7 Å². The Morgan fingerprint density at radius 3 is 2.50 bits per heavy atom. The highest BCUT2D eigenvalue weighted by atomic mass is 127. The topological polar surface area (TPSA) is 81.4 Å². The van der Waals surface area contributed by atoms with Crippen molar-refractivity contribution in [2.75, 3.05) is 24.9 Å². The second-order valence-corrected chi connectivity index (χ2v) is 8.22. The van der Waals surface area contributed by atoms with Crippen LogP contribution in [0.3, 0.4) is 0 Å². The molecule has 1 heterocycles. The van der Waals surface area contributed by atoms with E-state index in [4.69, 9.17) is 13.9 Å². The molecule has 4 rings (SSSR count). The molecule has 0 aliphatic rings. The molecule has 34 heavy (non-hydrogen) atoms. The van der Waals surface area contributed by atoms with Gasteiger partial charge in [0.15, 0.2) is 11.6 Å². The van der Waals surface area contributed by atoms with Gasteiger partial charge in [-0.3, -0.25) is 0 Å². The van der Waals surface area contributed by atoms with E-state index in [1.54, 1.807) is 25.3 Å². The van der Waals surface area contributed by atoms with Gasteiger partial charge in [-0.05, 0) is 65.1 Å². The number of aromatic nitrogens is 2. The van der Waals surface area contributed by atoms with Crippen molar-refractivity contribution in [2.24, 2.45) is 0 Å². The Morgan fingerprint density at radius 2 is 1.76 bits per heavy atom. The molecule has 0 bridgehead atoms. The molecule has 0 aliphatic carbocycles. The molecule has 0 saturated heterocycles. The minimum absolute atomic E-state index is 0.0318. The summed E-state index contributed by atoms with van der Waals surface area (Å²) in [5.74, 6) is -1.78. The van der Waals surface area contributed by atoms with E-state index in [0.29, 0.717) is 15.1 Å². The fourth-order valence-corrected chi connectivity index (χ4v) is 3.60. The van der Waals surface area contributed by atoms with Crippen molar-refractivity contribution in [1.29, 1.82) is 0 Å². The van der Waals surface area contributed by atoms with Crippen LogP contribution in [0.4, 0.5) is 30.6 Å². The first kappa shape index (κ1) is 23.7. The molecule has 2 N–H and O–H groups in total. The molecule has 3 aromatic carbocycles. The van der Waals surface area contributed by atoms with Gasteiger partial charge in [-0.15, -0.1) is 5.10 Å². The number of methoxy groups -OCH3 is 2. The van der Waals surface area contributed by atoms with Gasteiger partial charge in [-0.25, -0.2) is 13.2 Å². The summed E-state index contributed by atoms with van der Waals surface area (Å²) in [7, 11) is 3.10. The second kappa shape index (κ2) is 10.2. The lowest BCUT2D eigenvalue weighted by Crippen LogP contribution is -2.02. The monoisotopic (exact) mass is 582 g/mol. The van der Waals surface area contributed by atoms with Crippen molar-refractivity contribution in [3.63, 3.8) is 0 Å². The van der Waals surface area contributed by atoms with Gasteiger partial charge in [0.25, 0.3) is 5.89 Å². The van der Waals surface area contributed by atoms with Crippen LogP contribution in [0.15, 0.2) is 52.9 Å². The maximum Gasteiger partial charge on any atom is 0.316 e. The molecule has 0 radical (unpaired) electrons. The van der Waals surface area contributed by atoms with Crippen LogP contribution in [0.2, 0.25) is 0 Å². The number of ether oxygens (including phenoxy) is 2. The van der Waals surface area contributed by atoms with Crippen molar-refractivity contribution < 1.29 is 27.1 Å². The lowest BCUT2D eigenvalue weighted by Gasteiger charge is -2.12. The number of nitrogens with zero attached hydrogens (tertiary/aromatic N) is 2. The molecule has 4 aromatic rings. The van der Waals surface area contributed by atoms with Crippen molar-refractivity contribution in [1.82, 2.24) is 10.2 Å². The van der Waals surface area contributed by atoms with E-state index in [1.807, 2.05) is 28.7 Å². The van der Waals surface area contributed by atoms with Gasteiger partial charge in [-0.1, -0.05) is 5.10 Å². The molecule has 0 fully saturated rings. The molecule has 1 aromatic heterocycles. The summed E-state index contributed by atoms with van der Waals surface area (Å²) in [5, 5.41) is 13.4. The number of hydrogen-bond donors (Lipinski definition) is 2. The number of benzene rings is 3. The largest absolute Gasteiger partial charge is 0.497 e. The lowest BCUT2D eigenvalue weighted by atomic mass is 10.1. The summed E-state index contributed by atoms with van der Waals surface area (Å²) in [5.41, 5.74) is 0.509. The second-order valence-electron chi connectivity index (χ2n) is 6.98. The number of nitrogens with one attached hydrogen (secondary N) is 2. The number of rotatable bonds is 8. The van der Waals surface area contributed by atoms with Gasteiger partial charge in [-0.2, -0.15) is 0 Å². The van der Waals surface area contributed by atoms with E-state index in [9.17, 15) is 13.2 Å². The first-order chi connectivity index (χ1) is 16.4. The van der Waals surface area contributed by atoms with E-state index in [1.165, 1.54) is 25.3 Å². The van der Waals surface area contributed by atoms with Crippen LogP contribution in [0.25, 0.3) is 11.5 Å². The minimum Gasteiger partial charge on any atom is -0.497 e. The van der Waals surface area contributed by atoms with Crippen LogP contribution < -0.4 is 20.1 Å².